The monoisotopic (exact) mass is 330 g/mol. The number of sulfone groups is 1. The average Bonchev–Trinajstić information content (AvgIpc) is 2.45. The van der Waals surface area contributed by atoms with Crippen LogP contribution in [0.4, 0.5) is 0 Å². The lowest BCUT2D eigenvalue weighted by Crippen LogP contribution is -2.59. The number of piperidine rings is 2. The van der Waals surface area contributed by atoms with Crippen LogP contribution in [-0.4, -0.2) is 56.4 Å². The van der Waals surface area contributed by atoms with Gasteiger partial charge in [0, 0.05) is 19.3 Å². The molecule has 0 aromatic rings. The van der Waals surface area contributed by atoms with Gasteiger partial charge in [-0.05, 0) is 50.1 Å². The van der Waals surface area contributed by atoms with E-state index in [-0.39, 0.29) is 11.3 Å². The number of rotatable bonds is 2. The highest BCUT2D eigenvalue weighted by molar-refractivity contribution is 7.92. The number of carbonyl (C=O) groups is 1. The maximum Gasteiger partial charge on any atom is 0.244 e. The van der Waals surface area contributed by atoms with E-state index < -0.39 is 14.6 Å². The van der Waals surface area contributed by atoms with Crippen molar-refractivity contribution in [2.24, 2.45) is 11.3 Å². The summed E-state index contributed by atoms with van der Waals surface area (Å²) in [6.45, 7) is 9.27. The Morgan fingerprint density at radius 1 is 1.14 bits per heavy atom. The summed E-state index contributed by atoms with van der Waals surface area (Å²) in [6.07, 6.45) is 3.94. The van der Waals surface area contributed by atoms with Gasteiger partial charge in [0.05, 0.1) is 0 Å². The number of carbonyl (C=O) groups excluding carboxylic acids is 1. The van der Waals surface area contributed by atoms with Crippen molar-refractivity contribution in [1.29, 1.82) is 0 Å². The lowest BCUT2D eigenvalue weighted by atomic mass is 9.75. The molecule has 0 bridgehead atoms. The van der Waals surface area contributed by atoms with Gasteiger partial charge >= 0.3 is 0 Å². The first-order valence-corrected chi connectivity index (χ1v) is 10.2. The van der Waals surface area contributed by atoms with Crippen molar-refractivity contribution < 1.29 is 13.2 Å². The van der Waals surface area contributed by atoms with Gasteiger partial charge in [0.15, 0.2) is 14.6 Å². The van der Waals surface area contributed by atoms with Crippen LogP contribution in [0.3, 0.4) is 0 Å². The van der Waals surface area contributed by atoms with Crippen molar-refractivity contribution in [2.45, 2.75) is 51.2 Å². The molecule has 6 heteroatoms. The third kappa shape index (κ3) is 3.32. The summed E-state index contributed by atoms with van der Waals surface area (Å²) in [7, 11) is -3.41. The van der Waals surface area contributed by atoms with Crippen LogP contribution in [0.2, 0.25) is 0 Å². The minimum Gasteiger partial charge on any atom is -0.341 e. The van der Waals surface area contributed by atoms with Crippen LogP contribution in [0.1, 0.15) is 46.5 Å². The molecule has 2 aliphatic heterocycles. The minimum atomic E-state index is -3.41. The van der Waals surface area contributed by atoms with Crippen molar-refractivity contribution in [3.8, 4) is 0 Å². The zero-order valence-corrected chi connectivity index (χ0v) is 15.1. The molecular weight excluding hydrogens is 300 g/mol. The van der Waals surface area contributed by atoms with Crippen molar-refractivity contribution in [3.05, 3.63) is 0 Å². The Labute approximate surface area is 134 Å². The van der Waals surface area contributed by atoms with E-state index in [4.69, 9.17) is 0 Å². The molecule has 0 atom stereocenters. The van der Waals surface area contributed by atoms with Crippen LogP contribution in [0.25, 0.3) is 0 Å². The molecule has 0 aromatic carbocycles. The van der Waals surface area contributed by atoms with Crippen molar-refractivity contribution in [3.63, 3.8) is 0 Å². The summed E-state index contributed by atoms with van der Waals surface area (Å²) in [4.78, 5) is 14.8. The predicted octanol–water partition coefficient (Wildman–Crippen LogP) is 1.44. The van der Waals surface area contributed by atoms with E-state index in [0.29, 0.717) is 44.9 Å². The summed E-state index contributed by atoms with van der Waals surface area (Å²) >= 11 is 0. The van der Waals surface area contributed by atoms with Crippen LogP contribution in [0.5, 0.6) is 0 Å². The maximum atomic E-state index is 13.0. The Kier molecular flexibility index (Phi) is 4.93. The molecule has 128 valence electrons. The van der Waals surface area contributed by atoms with Crippen LogP contribution >= 0.6 is 0 Å². The SMILES string of the molecule is CC(C)(C)C1CCN(C(=O)C2(S(C)(=O)=O)CCNCC2)CC1. The fraction of sp³-hybridized carbons (Fsp3) is 0.938. The van der Waals surface area contributed by atoms with Gasteiger partial charge in [-0.1, -0.05) is 20.8 Å². The zero-order chi connectivity index (χ0) is 16.6. The lowest BCUT2D eigenvalue weighted by molar-refractivity contribution is -0.136. The first-order valence-electron chi connectivity index (χ1n) is 8.28. The number of amides is 1. The van der Waals surface area contributed by atoms with Crippen molar-refractivity contribution in [1.82, 2.24) is 10.2 Å². The number of nitrogens with one attached hydrogen (secondary N) is 1. The van der Waals surface area contributed by atoms with E-state index in [1.807, 2.05) is 0 Å². The smallest absolute Gasteiger partial charge is 0.244 e. The summed E-state index contributed by atoms with van der Waals surface area (Å²) in [6, 6.07) is 0. The van der Waals surface area contributed by atoms with Gasteiger partial charge < -0.3 is 10.2 Å². The number of hydrogen-bond donors (Lipinski definition) is 1. The summed E-state index contributed by atoms with van der Waals surface area (Å²) < 4.78 is 23.5. The van der Waals surface area contributed by atoms with Gasteiger partial charge in [-0.15, -0.1) is 0 Å². The van der Waals surface area contributed by atoms with Crippen molar-refractivity contribution in [2.75, 3.05) is 32.4 Å². The highest BCUT2D eigenvalue weighted by Crippen LogP contribution is 2.36. The molecule has 2 saturated heterocycles. The predicted molar refractivity (Wildman–Crippen MR) is 88.4 cm³/mol. The molecular formula is C16H30N2O3S. The van der Waals surface area contributed by atoms with Crippen molar-refractivity contribution >= 4 is 15.7 Å². The van der Waals surface area contributed by atoms with Gasteiger partial charge in [0.25, 0.3) is 0 Å². The Morgan fingerprint density at radius 3 is 2.05 bits per heavy atom. The Bertz CT molecular complexity index is 508. The molecule has 2 heterocycles. The molecule has 22 heavy (non-hydrogen) atoms. The van der Waals surface area contributed by atoms with Crippen LogP contribution in [-0.2, 0) is 14.6 Å². The molecule has 0 aliphatic carbocycles. The Balaban J connectivity index is 2.13. The molecule has 2 fully saturated rings. The summed E-state index contributed by atoms with van der Waals surface area (Å²) in [5, 5.41) is 3.16. The van der Waals surface area contributed by atoms with E-state index in [2.05, 4.69) is 26.1 Å². The second-order valence-corrected chi connectivity index (χ2v) is 10.3. The van der Waals surface area contributed by atoms with Crippen LogP contribution in [0, 0.1) is 11.3 Å². The summed E-state index contributed by atoms with van der Waals surface area (Å²) in [5.74, 6) is 0.433. The largest absolute Gasteiger partial charge is 0.341 e. The van der Waals surface area contributed by atoms with E-state index >= 15 is 0 Å². The first kappa shape index (κ1) is 17.7. The van der Waals surface area contributed by atoms with Crippen LogP contribution < -0.4 is 5.32 Å². The zero-order valence-electron chi connectivity index (χ0n) is 14.3. The second-order valence-electron chi connectivity index (χ2n) is 7.95. The quantitative estimate of drug-likeness (QED) is 0.832. The number of likely N-dealkylation sites (tertiary alicyclic amines) is 1. The number of nitrogens with zero attached hydrogens (tertiary/aromatic N) is 1. The molecule has 2 rings (SSSR count). The molecule has 0 saturated carbocycles. The van der Waals surface area contributed by atoms with E-state index in [0.717, 1.165) is 12.8 Å². The molecule has 0 unspecified atom stereocenters. The highest BCUT2D eigenvalue weighted by atomic mass is 32.2. The molecule has 0 radical (unpaired) electrons. The standard InChI is InChI=1S/C16H30N2O3S/c1-15(2,3)13-5-11-18(12-6-13)14(19)16(22(4,20)21)7-9-17-10-8-16/h13,17H,5-12H2,1-4H3. The first-order chi connectivity index (χ1) is 10.1. The van der Waals surface area contributed by atoms with E-state index in [1.54, 1.807) is 4.90 Å². The fourth-order valence-electron chi connectivity index (χ4n) is 3.81. The lowest BCUT2D eigenvalue weighted by Gasteiger charge is -2.43. The second kappa shape index (κ2) is 6.11. The number of hydrogen-bond acceptors (Lipinski definition) is 4. The maximum absolute atomic E-state index is 13.0. The van der Waals surface area contributed by atoms with Gasteiger partial charge in [-0.2, -0.15) is 0 Å². The van der Waals surface area contributed by atoms with Gasteiger partial charge in [-0.3, -0.25) is 4.79 Å². The Hall–Kier alpha value is -0.620. The molecule has 2 aliphatic rings. The molecule has 1 N–H and O–H groups in total. The molecule has 1 amide bonds. The molecule has 5 nitrogen and oxygen atoms in total. The summed E-state index contributed by atoms with van der Waals surface area (Å²) in [5.41, 5.74) is 0.248. The van der Waals surface area contributed by atoms with Gasteiger partial charge in [0.2, 0.25) is 5.91 Å². The Morgan fingerprint density at radius 2 is 1.64 bits per heavy atom. The third-order valence-corrected chi connectivity index (χ3v) is 7.52. The van der Waals surface area contributed by atoms with E-state index in [9.17, 15) is 13.2 Å². The molecule has 0 aromatic heterocycles. The minimum absolute atomic E-state index is 0.163. The highest BCUT2D eigenvalue weighted by Gasteiger charge is 2.51. The molecule has 0 spiro atoms. The van der Waals surface area contributed by atoms with E-state index in [1.165, 1.54) is 6.26 Å². The fourth-order valence-corrected chi connectivity index (χ4v) is 5.20. The third-order valence-electron chi connectivity index (χ3n) is 5.52. The average molecular weight is 330 g/mol. The topological polar surface area (TPSA) is 66.5 Å². The normalized spacial score (nSPS) is 24.3. The van der Waals surface area contributed by atoms with Gasteiger partial charge in [0.1, 0.15) is 0 Å². The van der Waals surface area contributed by atoms with Crippen LogP contribution in [0.15, 0.2) is 0 Å². The van der Waals surface area contributed by atoms with Gasteiger partial charge in [-0.25, -0.2) is 8.42 Å².